The molecule has 1 saturated carbocycles. The van der Waals surface area contributed by atoms with E-state index in [1.807, 2.05) is 13.8 Å². The van der Waals surface area contributed by atoms with Crippen molar-refractivity contribution in [2.45, 2.75) is 45.1 Å². The Labute approximate surface area is 110 Å². The van der Waals surface area contributed by atoms with Gasteiger partial charge >= 0.3 is 6.36 Å². The minimum atomic E-state index is -4.66. The summed E-state index contributed by atoms with van der Waals surface area (Å²) in [6.07, 6.45) is -3.51. The van der Waals surface area contributed by atoms with Crippen LogP contribution >= 0.6 is 0 Å². The van der Waals surface area contributed by atoms with E-state index in [4.69, 9.17) is 0 Å². The van der Waals surface area contributed by atoms with E-state index in [2.05, 4.69) is 4.74 Å². The van der Waals surface area contributed by atoms with E-state index in [0.29, 0.717) is 6.42 Å². The molecule has 5 heteroatoms. The van der Waals surface area contributed by atoms with E-state index >= 15 is 0 Å². The molecule has 0 bridgehead atoms. The lowest BCUT2D eigenvalue weighted by atomic mass is 9.55. The van der Waals surface area contributed by atoms with Crippen LogP contribution in [0.1, 0.15) is 38.2 Å². The Bertz CT molecular complexity index is 441. The van der Waals surface area contributed by atoms with Crippen molar-refractivity contribution >= 4 is 0 Å². The van der Waals surface area contributed by atoms with Crippen molar-refractivity contribution in [2.75, 3.05) is 0 Å². The first-order valence-corrected chi connectivity index (χ1v) is 6.30. The Morgan fingerprint density at radius 1 is 1.32 bits per heavy atom. The molecule has 0 radical (unpaired) electrons. The van der Waals surface area contributed by atoms with Crippen LogP contribution < -0.4 is 4.74 Å². The van der Waals surface area contributed by atoms with E-state index in [-0.39, 0.29) is 23.2 Å². The maximum Gasteiger partial charge on any atom is 0.573 e. The molecule has 3 atom stereocenters. The van der Waals surface area contributed by atoms with Crippen LogP contribution in [-0.4, -0.2) is 17.6 Å². The fourth-order valence-corrected chi connectivity index (χ4v) is 2.73. The van der Waals surface area contributed by atoms with Crippen LogP contribution in [0.3, 0.4) is 0 Å². The summed E-state index contributed by atoms with van der Waals surface area (Å²) in [6, 6.07) is 5.93. The summed E-state index contributed by atoms with van der Waals surface area (Å²) in [5.74, 6) is -0.0261. The van der Waals surface area contributed by atoms with Crippen LogP contribution in [0, 0.1) is 5.41 Å². The highest BCUT2D eigenvalue weighted by Crippen LogP contribution is 2.54. The Kier molecular flexibility index (Phi) is 3.51. The SMILES string of the molecule is CCC1(C)C(O)CC1c1ccc(OC(F)(F)F)cc1. The number of rotatable bonds is 3. The molecule has 1 fully saturated rings. The number of alkyl halides is 3. The fraction of sp³-hybridized carbons (Fsp3) is 0.571. The topological polar surface area (TPSA) is 29.5 Å². The molecule has 106 valence electrons. The molecular weight excluding hydrogens is 257 g/mol. The molecule has 0 heterocycles. The molecule has 19 heavy (non-hydrogen) atoms. The lowest BCUT2D eigenvalue weighted by Crippen LogP contribution is -2.49. The van der Waals surface area contributed by atoms with Crippen molar-refractivity contribution in [2.24, 2.45) is 5.41 Å². The zero-order valence-corrected chi connectivity index (χ0v) is 10.9. The van der Waals surface area contributed by atoms with Crippen molar-refractivity contribution in [3.8, 4) is 5.75 Å². The number of hydrogen-bond acceptors (Lipinski definition) is 2. The normalized spacial score (nSPS) is 30.8. The van der Waals surface area contributed by atoms with Gasteiger partial charge in [0.05, 0.1) is 6.10 Å². The third kappa shape index (κ3) is 2.71. The van der Waals surface area contributed by atoms with Crippen molar-refractivity contribution in [1.29, 1.82) is 0 Å². The van der Waals surface area contributed by atoms with Crippen molar-refractivity contribution in [3.63, 3.8) is 0 Å². The van der Waals surface area contributed by atoms with E-state index in [1.54, 1.807) is 12.1 Å². The van der Waals surface area contributed by atoms with Crippen molar-refractivity contribution in [3.05, 3.63) is 29.8 Å². The quantitative estimate of drug-likeness (QED) is 0.907. The highest BCUT2D eigenvalue weighted by atomic mass is 19.4. The van der Waals surface area contributed by atoms with Gasteiger partial charge in [-0.2, -0.15) is 0 Å². The standard InChI is InChI=1S/C14H17F3O2/c1-3-13(2)11(8-12(13)18)9-4-6-10(7-5-9)19-14(15,16)17/h4-7,11-12,18H,3,8H2,1-2H3. The van der Waals surface area contributed by atoms with Gasteiger partial charge in [0.2, 0.25) is 0 Å². The Hall–Kier alpha value is -1.23. The number of aliphatic hydroxyl groups excluding tert-OH is 1. The average Bonchev–Trinajstić information content (AvgIpc) is 2.34. The van der Waals surface area contributed by atoms with Crippen LogP contribution in [0.2, 0.25) is 0 Å². The third-order valence-corrected chi connectivity index (χ3v) is 4.29. The molecule has 1 aliphatic rings. The second-order valence-electron chi connectivity index (χ2n) is 5.28. The van der Waals surface area contributed by atoms with Crippen molar-refractivity contribution < 1.29 is 23.0 Å². The summed E-state index contributed by atoms with van der Waals surface area (Å²) < 4.78 is 40.0. The third-order valence-electron chi connectivity index (χ3n) is 4.29. The second-order valence-corrected chi connectivity index (χ2v) is 5.28. The summed E-state index contributed by atoms with van der Waals surface area (Å²) >= 11 is 0. The zero-order valence-electron chi connectivity index (χ0n) is 10.9. The van der Waals surface area contributed by atoms with Gasteiger partial charge in [-0.3, -0.25) is 0 Å². The lowest BCUT2D eigenvalue weighted by Gasteiger charge is -2.51. The van der Waals surface area contributed by atoms with Gasteiger partial charge in [-0.25, -0.2) is 0 Å². The zero-order chi connectivity index (χ0) is 14.3. The minimum absolute atomic E-state index is 0.187. The molecule has 2 rings (SSSR count). The van der Waals surface area contributed by atoms with Gasteiger partial charge in [-0.15, -0.1) is 13.2 Å². The molecule has 1 aromatic carbocycles. The number of ether oxygens (including phenoxy) is 1. The molecule has 1 N–H and O–H groups in total. The van der Waals surface area contributed by atoms with E-state index in [1.165, 1.54) is 12.1 Å². The van der Waals surface area contributed by atoms with Gasteiger partial charge in [0.25, 0.3) is 0 Å². The second kappa shape index (κ2) is 4.71. The number of hydrogen-bond donors (Lipinski definition) is 1. The van der Waals surface area contributed by atoms with E-state index < -0.39 is 6.36 Å². The Balaban J connectivity index is 2.12. The van der Waals surface area contributed by atoms with Crippen LogP contribution in [0.5, 0.6) is 5.75 Å². The maximum atomic E-state index is 12.1. The minimum Gasteiger partial charge on any atom is -0.406 e. The molecule has 0 spiro atoms. The predicted octanol–water partition coefficient (Wildman–Crippen LogP) is 3.85. The molecule has 0 aromatic heterocycles. The first-order valence-electron chi connectivity index (χ1n) is 6.30. The number of benzene rings is 1. The first kappa shape index (κ1) is 14.2. The fourth-order valence-electron chi connectivity index (χ4n) is 2.73. The highest BCUT2D eigenvalue weighted by molar-refractivity contribution is 5.33. The molecule has 0 aliphatic heterocycles. The maximum absolute atomic E-state index is 12.1. The molecule has 1 aliphatic carbocycles. The van der Waals surface area contributed by atoms with Gasteiger partial charge in [-0.1, -0.05) is 26.0 Å². The van der Waals surface area contributed by atoms with Crippen molar-refractivity contribution in [1.82, 2.24) is 0 Å². The molecule has 0 saturated heterocycles. The summed E-state index contributed by atoms with van der Waals surface area (Å²) in [7, 11) is 0. The number of aliphatic hydroxyl groups is 1. The summed E-state index contributed by atoms with van der Waals surface area (Å²) in [5.41, 5.74) is 0.760. The van der Waals surface area contributed by atoms with Crippen LogP contribution in [0.25, 0.3) is 0 Å². The van der Waals surface area contributed by atoms with Crippen LogP contribution in [0.4, 0.5) is 13.2 Å². The lowest BCUT2D eigenvalue weighted by molar-refractivity contribution is -0.274. The van der Waals surface area contributed by atoms with Gasteiger partial charge in [0.15, 0.2) is 0 Å². The highest BCUT2D eigenvalue weighted by Gasteiger charge is 2.49. The van der Waals surface area contributed by atoms with Gasteiger partial charge in [0.1, 0.15) is 5.75 Å². The molecule has 0 amide bonds. The molecule has 3 unspecified atom stereocenters. The molecule has 1 aromatic rings. The molecule has 2 nitrogen and oxygen atoms in total. The van der Waals surface area contributed by atoms with Gasteiger partial charge in [0, 0.05) is 5.41 Å². The molecular formula is C14H17F3O2. The summed E-state index contributed by atoms with van der Waals surface area (Å²) in [6.45, 7) is 4.02. The predicted molar refractivity (Wildman–Crippen MR) is 64.9 cm³/mol. The monoisotopic (exact) mass is 274 g/mol. The largest absolute Gasteiger partial charge is 0.573 e. The van der Waals surface area contributed by atoms with Gasteiger partial charge in [-0.05, 0) is 36.5 Å². The van der Waals surface area contributed by atoms with Gasteiger partial charge < -0.3 is 9.84 Å². The van der Waals surface area contributed by atoms with E-state index in [9.17, 15) is 18.3 Å². The Morgan fingerprint density at radius 3 is 2.32 bits per heavy atom. The van der Waals surface area contributed by atoms with Crippen LogP contribution in [0.15, 0.2) is 24.3 Å². The smallest absolute Gasteiger partial charge is 0.406 e. The average molecular weight is 274 g/mol. The summed E-state index contributed by atoms with van der Waals surface area (Å²) in [5, 5.41) is 9.83. The Morgan fingerprint density at radius 2 is 1.89 bits per heavy atom. The van der Waals surface area contributed by atoms with E-state index in [0.717, 1.165) is 12.0 Å². The first-order chi connectivity index (χ1) is 8.76. The number of halogens is 3. The summed E-state index contributed by atoms with van der Waals surface area (Å²) in [4.78, 5) is 0. The van der Waals surface area contributed by atoms with Crippen LogP contribution in [-0.2, 0) is 0 Å².